The minimum absolute atomic E-state index is 0.0873. The third-order valence-electron chi connectivity index (χ3n) is 4.60. The van der Waals surface area contributed by atoms with Crippen molar-refractivity contribution in [1.29, 1.82) is 0 Å². The second kappa shape index (κ2) is 8.07. The first-order valence-corrected chi connectivity index (χ1v) is 11.0. The van der Waals surface area contributed by atoms with E-state index in [2.05, 4.69) is 31.7 Å². The highest BCUT2D eigenvalue weighted by Gasteiger charge is 2.48. The van der Waals surface area contributed by atoms with Gasteiger partial charge in [0, 0.05) is 11.3 Å². The van der Waals surface area contributed by atoms with E-state index in [0.717, 1.165) is 9.56 Å². The maximum Gasteiger partial charge on any atom is 0.410 e. The van der Waals surface area contributed by atoms with Gasteiger partial charge in [-0.05, 0) is 39.5 Å². The number of benzene rings is 1. The Bertz CT molecular complexity index is 1100. The van der Waals surface area contributed by atoms with E-state index in [4.69, 9.17) is 23.2 Å². The van der Waals surface area contributed by atoms with Crippen LogP contribution in [0.15, 0.2) is 40.2 Å². The fraction of sp³-hybridized carbons (Fsp3) is 0.222. The molecule has 0 saturated carbocycles. The van der Waals surface area contributed by atoms with Crippen LogP contribution in [0.3, 0.4) is 0 Å². The van der Waals surface area contributed by atoms with Crippen molar-refractivity contribution in [2.75, 3.05) is 10.6 Å². The summed E-state index contributed by atoms with van der Waals surface area (Å²) in [5.74, 6) is -0.632. The number of carbonyl (C=O) groups excluding carboxylic acids is 1. The number of aromatic nitrogens is 2. The summed E-state index contributed by atoms with van der Waals surface area (Å²) in [6.07, 6.45) is -4.78. The number of hydrogen-bond donors (Lipinski definition) is 2. The molecule has 30 heavy (non-hydrogen) atoms. The standard InChI is InChI=1S/C18H12BrCl2F3N4OS/c19-13-15(17(29)26-9-4-1-3-8(20)14(9)21)27-28-12(18(22,23)24)7-10(25-16(13)28)11-5-2-6-30-11/h1-6,10,12,25H,7H2,(H,26,29)/t10-,12+/m0/s1. The van der Waals surface area contributed by atoms with Crippen molar-refractivity contribution in [3.05, 3.63) is 60.8 Å². The Labute approximate surface area is 191 Å². The van der Waals surface area contributed by atoms with Gasteiger partial charge >= 0.3 is 6.18 Å². The second-order valence-corrected chi connectivity index (χ2v) is 9.07. The van der Waals surface area contributed by atoms with Gasteiger partial charge in [-0.25, -0.2) is 4.68 Å². The molecule has 0 unspecified atom stereocenters. The summed E-state index contributed by atoms with van der Waals surface area (Å²) in [6.45, 7) is 0. The molecule has 0 radical (unpaired) electrons. The van der Waals surface area contributed by atoms with Crippen LogP contribution in [0.4, 0.5) is 24.7 Å². The molecule has 4 rings (SSSR count). The number of halogens is 6. The van der Waals surface area contributed by atoms with Gasteiger partial charge in [-0.2, -0.15) is 18.3 Å². The molecule has 1 aliphatic heterocycles. The van der Waals surface area contributed by atoms with E-state index in [9.17, 15) is 18.0 Å². The Morgan fingerprint density at radius 2 is 2.07 bits per heavy atom. The highest BCUT2D eigenvalue weighted by atomic mass is 79.9. The van der Waals surface area contributed by atoms with E-state index in [-0.39, 0.29) is 38.1 Å². The largest absolute Gasteiger partial charge is 0.410 e. The van der Waals surface area contributed by atoms with Crippen LogP contribution in [-0.2, 0) is 0 Å². The van der Waals surface area contributed by atoms with Gasteiger partial charge in [-0.15, -0.1) is 11.3 Å². The lowest BCUT2D eigenvalue weighted by atomic mass is 10.0. The lowest BCUT2D eigenvalue weighted by molar-refractivity contribution is -0.173. The van der Waals surface area contributed by atoms with Gasteiger partial charge in [-0.3, -0.25) is 4.79 Å². The maximum absolute atomic E-state index is 13.8. The molecule has 1 aromatic carbocycles. The monoisotopic (exact) mass is 538 g/mol. The Kier molecular flexibility index (Phi) is 5.78. The topological polar surface area (TPSA) is 59.0 Å². The Hall–Kier alpha value is -1.75. The zero-order valence-electron chi connectivity index (χ0n) is 14.8. The number of nitrogens with one attached hydrogen (secondary N) is 2. The van der Waals surface area contributed by atoms with Crippen LogP contribution >= 0.6 is 50.5 Å². The van der Waals surface area contributed by atoms with Gasteiger partial charge in [0.2, 0.25) is 0 Å². The molecule has 0 fully saturated rings. The molecule has 2 N–H and O–H groups in total. The summed E-state index contributed by atoms with van der Waals surface area (Å²) in [4.78, 5) is 13.5. The number of hydrogen-bond acceptors (Lipinski definition) is 4. The predicted molar refractivity (Wildman–Crippen MR) is 115 cm³/mol. The summed E-state index contributed by atoms with van der Waals surface area (Å²) in [5.41, 5.74) is 0.0263. The van der Waals surface area contributed by atoms with Gasteiger partial charge in [0.05, 0.1) is 26.2 Å². The molecule has 1 aliphatic rings. The Balaban J connectivity index is 1.71. The summed E-state index contributed by atoms with van der Waals surface area (Å²) >= 11 is 16.6. The normalized spacial score (nSPS) is 18.6. The molecule has 2 aromatic heterocycles. The van der Waals surface area contributed by atoms with Crippen LogP contribution in [0.25, 0.3) is 0 Å². The van der Waals surface area contributed by atoms with Crippen LogP contribution < -0.4 is 10.6 Å². The molecule has 1 amide bonds. The number of anilines is 2. The molecule has 12 heteroatoms. The zero-order valence-corrected chi connectivity index (χ0v) is 18.7. The molecule has 3 heterocycles. The Morgan fingerprint density at radius 3 is 2.73 bits per heavy atom. The summed E-state index contributed by atoms with van der Waals surface area (Å²) in [5, 5.41) is 11.7. The molecular weight excluding hydrogens is 528 g/mol. The predicted octanol–water partition coefficient (Wildman–Crippen LogP) is 6.93. The molecule has 3 aromatic rings. The minimum Gasteiger partial charge on any atom is -0.362 e. The highest BCUT2D eigenvalue weighted by molar-refractivity contribution is 9.10. The van der Waals surface area contributed by atoms with Crippen LogP contribution in [-0.4, -0.2) is 21.9 Å². The molecule has 0 saturated heterocycles. The lowest BCUT2D eigenvalue weighted by Crippen LogP contribution is -2.35. The quantitative estimate of drug-likeness (QED) is 0.379. The van der Waals surface area contributed by atoms with Crippen LogP contribution in [0.1, 0.15) is 33.9 Å². The second-order valence-electron chi connectivity index (χ2n) is 6.52. The SMILES string of the molecule is O=C(Nc1cccc(Cl)c1Cl)c1nn2c(c1Br)N[C@H](c1cccs1)C[C@@H]2C(F)(F)F. The van der Waals surface area contributed by atoms with Gasteiger partial charge in [0.15, 0.2) is 11.7 Å². The van der Waals surface area contributed by atoms with Crippen LogP contribution in [0.5, 0.6) is 0 Å². The van der Waals surface area contributed by atoms with E-state index in [0.29, 0.717) is 0 Å². The third kappa shape index (κ3) is 3.93. The van der Waals surface area contributed by atoms with E-state index in [1.165, 1.54) is 17.4 Å². The molecule has 2 atom stereocenters. The number of amides is 1. The average Bonchev–Trinajstić information content (AvgIpc) is 3.32. The lowest BCUT2D eigenvalue weighted by Gasteiger charge is -2.33. The smallest absolute Gasteiger partial charge is 0.362 e. The van der Waals surface area contributed by atoms with Crippen molar-refractivity contribution in [2.45, 2.75) is 24.7 Å². The van der Waals surface area contributed by atoms with Crippen molar-refractivity contribution in [3.8, 4) is 0 Å². The molecule has 0 aliphatic carbocycles. The van der Waals surface area contributed by atoms with Crippen LogP contribution in [0.2, 0.25) is 10.0 Å². The van der Waals surface area contributed by atoms with Gasteiger partial charge < -0.3 is 10.6 Å². The van der Waals surface area contributed by atoms with E-state index in [1.807, 2.05) is 0 Å². The highest BCUT2D eigenvalue weighted by Crippen LogP contribution is 2.47. The number of alkyl halides is 3. The first-order chi connectivity index (χ1) is 14.2. The van der Waals surface area contributed by atoms with Gasteiger partial charge in [0.1, 0.15) is 5.82 Å². The van der Waals surface area contributed by atoms with Crippen LogP contribution in [0, 0.1) is 0 Å². The maximum atomic E-state index is 13.8. The fourth-order valence-electron chi connectivity index (χ4n) is 3.19. The molecule has 0 bridgehead atoms. The van der Waals surface area contributed by atoms with E-state index >= 15 is 0 Å². The molecule has 0 spiro atoms. The summed E-state index contributed by atoms with van der Waals surface area (Å²) in [7, 11) is 0. The first kappa shape index (κ1) is 21.5. The minimum atomic E-state index is -4.54. The average molecular weight is 540 g/mol. The number of rotatable bonds is 3. The number of fused-ring (bicyclic) bond motifs is 1. The van der Waals surface area contributed by atoms with E-state index in [1.54, 1.807) is 29.6 Å². The fourth-order valence-corrected chi connectivity index (χ4v) is 4.89. The first-order valence-electron chi connectivity index (χ1n) is 8.57. The zero-order chi connectivity index (χ0) is 21.6. The van der Waals surface area contributed by atoms with Gasteiger partial charge in [0.25, 0.3) is 5.91 Å². The molecule has 5 nitrogen and oxygen atoms in total. The number of carbonyl (C=O) groups is 1. The van der Waals surface area contributed by atoms with E-state index < -0.39 is 24.2 Å². The number of nitrogens with zero attached hydrogens (tertiary/aromatic N) is 2. The molecule has 158 valence electrons. The van der Waals surface area contributed by atoms with Crippen molar-refractivity contribution in [2.24, 2.45) is 0 Å². The molecular formula is C18H12BrCl2F3N4OS. The van der Waals surface area contributed by atoms with Crippen molar-refractivity contribution < 1.29 is 18.0 Å². The Morgan fingerprint density at radius 1 is 1.30 bits per heavy atom. The van der Waals surface area contributed by atoms with Crippen molar-refractivity contribution in [1.82, 2.24) is 9.78 Å². The van der Waals surface area contributed by atoms with Gasteiger partial charge in [-0.1, -0.05) is 35.3 Å². The summed E-state index contributed by atoms with van der Waals surface area (Å²) in [6, 6.07) is 5.77. The third-order valence-corrected chi connectivity index (χ3v) is 7.15. The van der Waals surface area contributed by atoms with Crippen molar-refractivity contribution in [3.63, 3.8) is 0 Å². The summed E-state index contributed by atoms with van der Waals surface area (Å²) < 4.78 is 42.3. The van der Waals surface area contributed by atoms with Crippen molar-refractivity contribution >= 4 is 67.9 Å². The number of thiophene rings is 1.